The van der Waals surface area contributed by atoms with Gasteiger partial charge in [0.15, 0.2) is 5.82 Å². The van der Waals surface area contributed by atoms with E-state index in [4.69, 9.17) is 15.0 Å². The van der Waals surface area contributed by atoms with Gasteiger partial charge in [0.25, 0.3) is 0 Å². The number of carbonyl (C=O) groups excluding carboxylic acids is 1. The van der Waals surface area contributed by atoms with Crippen LogP contribution in [-0.4, -0.2) is 64.7 Å². The minimum atomic E-state index is -0.648. The molecule has 0 spiro atoms. The zero-order valence-electron chi connectivity index (χ0n) is 16.8. The van der Waals surface area contributed by atoms with E-state index in [0.717, 1.165) is 51.7 Å². The third-order valence-corrected chi connectivity index (χ3v) is 5.61. The highest BCUT2D eigenvalue weighted by Crippen LogP contribution is 2.28. The average molecular weight is 438 g/mol. The molecule has 3 rings (SSSR count). The fourth-order valence-corrected chi connectivity index (χ4v) is 3.84. The van der Waals surface area contributed by atoms with Crippen molar-refractivity contribution < 1.29 is 14.1 Å². The van der Waals surface area contributed by atoms with Crippen molar-refractivity contribution in [2.24, 2.45) is 5.73 Å². The molecular formula is C18H33Cl2N5O3. The summed E-state index contributed by atoms with van der Waals surface area (Å²) < 4.78 is 10.5. The molecule has 28 heavy (non-hydrogen) atoms. The van der Waals surface area contributed by atoms with Crippen LogP contribution >= 0.6 is 24.8 Å². The fraction of sp³-hybridized carbons (Fsp3) is 0.833. The van der Waals surface area contributed by atoms with Gasteiger partial charge >= 0.3 is 0 Å². The van der Waals surface area contributed by atoms with Gasteiger partial charge in [0.2, 0.25) is 11.8 Å². The molecule has 0 aromatic carbocycles. The van der Waals surface area contributed by atoms with Gasteiger partial charge in [-0.3, -0.25) is 9.69 Å². The number of nitrogens with two attached hydrogens (primary N) is 1. The van der Waals surface area contributed by atoms with Gasteiger partial charge in [-0.05, 0) is 26.2 Å². The second-order valence-electron chi connectivity index (χ2n) is 7.56. The molecule has 2 N–H and O–H groups in total. The Morgan fingerprint density at radius 1 is 1.18 bits per heavy atom. The van der Waals surface area contributed by atoms with E-state index >= 15 is 0 Å². The fourth-order valence-electron chi connectivity index (χ4n) is 3.84. The van der Waals surface area contributed by atoms with Crippen molar-refractivity contribution in [1.29, 1.82) is 0 Å². The number of aromatic nitrogens is 2. The molecule has 10 heteroatoms. The van der Waals surface area contributed by atoms with Gasteiger partial charge in [0.1, 0.15) is 6.10 Å². The Morgan fingerprint density at radius 3 is 2.57 bits per heavy atom. The van der Waals surface area contributed by atoms with Crippen molar-refractivity contribution in [3.63, 3.8) is 0 Å². The number of halogens is 2. The Labute approximate surface area is 179 Å². The summed E-state index contributed by atoms with van der Waals surface area (Å²) in [4.78, 5) is 21.5. The van der Waals surface area contributed by atoms with Crippen LogP contribution in [0.1, 0.15) is 63.3 Å². The Morgan fingerprint density at radius 2 is 1.89 bits per heavy atom. The topological polar surface area (TPSA) is 97.7 Å². The first kappa shape index (κ1) is 25.1. The molecule has 1 saturated carbocycles. The van der Waals surface area contributed by atoms with E-state index in [1.54, 1.807) is 7.11 Å². The van der Waals surface area contributed by atoms with Crippen LogP contribution in [0.3, 0.4) is 0 Å². The van der Waals surface area contributed by atoms with Crippen LogP contribution in [0.4, 0.5) is 0 Å². The predicted molar refractivity (Wildman–Crippen MR) is 111 cm³/mol. The van der Waals surface area contributed by atoms with Crippen molar-refractivity contribution in [1.82, 2.24) is 19.9 Å². The maximum Gasteiger partial charge on any atom is 0.242 e. The van der Waals surface area contributed by atoms with Gasteiger partial charge < -0.3 is 19.9 Å². The molecule has 0 radical (unpaired) electrons. The largest absolute Gasteiger partial charge is 0.374 e. The quantitative estimate of drug-likeness (QED) is 0.754. The van der Waals surface area contributed by atoms with Crippen molar-refractivity contribution in [3.05, 3.63) is 11.7 Å². The molecule has 1 aliphatic carbocycles. The number of carbonyl (C=O) groups is 1. The van der Waals surface area contributed by atoms with Crippen LogP contribution in [0.5, 0.6) is 0 Å². The molecule has 1 atom stereocenters. The van der Waals surface area contributed by atoms with E-state index in [-0.39, 0.29) is 36.8 Å². The van der Waals surface area contributed by atoms with Crippen molar-refractivity contribution >= 4 is 30.7 Å². The van der Waals surface area contributed by atoms with Crippen molar-refractivity contribution in [2.45, 2.75) is 63.6 Å². The minimum Gasteiger partial charge on any atom is -0.374 e. The van der Waals surface area contributed by atoms with Crippen LogP contribution in [0.2, 0.25) is 0 Å². The van der Waals surface area contributed by atoms with Crippen LogP contribution in [0.25, 0.3) is 0 Å². The van der Waals surface area contributed by atoms with E-state index in [1.807, 2.05) is 11.8 Å². The van der Waals surface area contributed by atoms with Gasteiger partial charge in [-0.2, -0.15) is 4.98 Å². The third kappa shape index (κ3) is 6.03. The molecule has 2 heterocycles. The molecule has 1 aliphatic heterocycles. The second-order valence-corrected chi connectivity index (χ2v) is 7.56. The first-order chi connectivity index (χ1) is 12.5. The van der Waals surface area contributed by atoms with Crippen LogP contribution in [-0.2, 0) is 16.1 Å². The standard InChI is InChI=1S/C18H31N5O3.2ClH/c1-14(25-2)16-20-15(26-21-16)13-22-9-6-10-23(12-11-22)17(24)18(19)7-4-3-5-8-18;;/h14H,3-13,19H2,1-2H3;2*1H. The summed E-state index contributed by atoms with van der Waals surface area (Å²) in [6.07, 6.45) is 5.68. The van der Waals surface area contributed by atoms with Gasteiger partial charge in [-0.1, -0.05) is 24.4 Å². The summed E-state index contributed by atoms with van der Waals surface area (Å²) in [5, 5.41) is 3.97. The van der Waals surface area contributed by atoms with E-state index in [2.05, 4.69) is 15.0 Å². The molecule has 1 saturated heterocycles. The molecular weight excluding hydrogens is 405 g/mol. The minimum absolute atomic E-state index is 0. The first-order valence-electron chi connectivity index (χ1n) is 9.68. The number of methoxy groups -OCH3 is 1. The number of hydrogen-bond donors (Lipinski definition) is 1. The molecule has 1 aromatic rings. The molecule has 162 valence electrons. The Kier molecular flexibility index (Phi) is 10.1. The SMILES string of the molecule is COC(C)c1noc(CN2CCCN(C(=O)C3(N)CCCCC3)CC2)n1.Cl.Cl. The Balaban J connectivity index is 0.00000196. The molecule has 8 nitrogen and oxygen atoms in total. The maximum absolute atomic E-state index is 12.9. The lowest BCUT2D eigenvalue weighted by Crippen LogP contribution is -2.56. The molecule has 2 aliphatic rings. The zero-order chi connectivity index (χ0) is 18.6. The summed E-state index contributed by atoms with van der Waals surface area (Å²) in [6.45, 7) is 5.65. The van der Waals surface area contributed by atoms with Gasteiger partial charge in [-0.25, -0.2) is 0 Å². The molecule has 1 amide bonds. The number of ether oxygens (including phenoxy) is 1. The zero-order valence-corrected chi connectivity index (χ0v) is 18.4. The number of nitrogens with zero attached hydrogens (tertiary/aromatic N) is 4. The summed E-state index contributed by atoms with van der Waals surface area (Å²) in [5.41, 5.74) is 5.79. The highest BCUT2D eigenvalue weighted by Gasteiger charge is 2.38. The molecule has 0 bridgehead atoms. The molecule has 1 aromatic heterocycles. The number of rotatable bonds is 5. The van der Waals surface area contributed by atoms with Gasteiger partial charge in [-0.15, -0.1) is 24.8 Å². The average Bonchev–Trinajstić information content (AvgIpc) is 2.99. The van der Waals surface area contributed by atoms with E-state index < -0.39 is 5.54 Å². The number of hydrogen-bond acceptors (Lipinski definition) is 7. The second kappa shape index (κ2) is 11.3. The highest BCUT2D eigenvalue weighted by atomic mass is 35.5. The van der Waals surface area contributed by atoms with Gasteiger partial charge in [0.05, 0.1) is 12.1 Å². The van der Waals surface area contributed by atoms with Crippen LogP contribution < -0.4 is 5.73 Å². The smallest absolute Gasteiger partial charge is 0.242 e. The van der Waals surface area contributed by atoms with Crippen LogP contribution in [0, 0.1) is 0 Å². The van der Waals surface area contributed by atoms with E-state index in [0.29, 0.717) is 24.8 Å². The Hall–Kier alpha value is -0.930. The summed E-state index contributed by atoms with van der Waals surface area (Å²) in [6, 6.07) is 0. The lowest BCUT2D eigenvalue weighted by atomic mass is 9.81. The molecule has 2 fully saturated rings. The van der Waals surface area contributed by atoms with E-state index in [9.17, 15) is 4.79 Å². The monoisotopic (exact) mass is 437 g/mol. The Bertz CT molecular complexity index is 610. The molecule has 1 unspecified atom stereocenters. The third-order valence-electron chi connectivity index (χ3n) is 5.61. The predicted octanol–water partition coefficient (Wildman–Crippen LogP) is 2.32. The van der Waals surface area contributed by atoms with E-state index in [1.165, 1.54) is 6.42 Å². The summed E-state index contributed by atoms with van der Waals surface area (Å²) >= 11 is 0. The maximum atomic E-state index is 12.9. The first-order valence-corrected chi connectivity index (χ1v) is 9.68. The van der Waals surface area contributed by atoms with Crippen molar-refractivity contribution in [3.8, 4) is 0 Å². The summed E-state index contributed by atoms with van der Waals surface area (Å²) in [7, 11) is 1.62. The van der Waals surface area contributed by atoms with Gasteiger partial charge in [0, 0.05) is 33.3 Å². The lowest BCUT2D eigenvalue weighted by Gasteiger charge is -2.36. The number of amides is 1. The normalized spacial score (nSPS) is 21.2. The van der Waals surface area contributed by atoms with Crippen molar-refractivity contribution in [2.75, 3.05) is 33.3 Å². The summed E-state index contributed by atoms with van der Waals surface area (Å²) in [5.74, 6) is 1.29. The highest BCUT2D eigenvalue weighted by molar-refractivity contribution is 5.86. The lowest BCUT2D eigenvalue weighted by molar-refractivity contribution is -0.138. The van der Waals surface area contributed by atoms with Crippen LogP contribution in [0.15, 0.2) is 4.52 Å².